The van der Waals surface area contributed by atoms with Gasteiger partial charge in [0.25, 0.3) is 0 Å². The first-order valence-corrected chi connectivity index (χ1v) is 24.3. The van der Waals surface area contributed by atoms with E-state index in [4.69, 9.17) is 0 Å². The molecule has 2 nitrogen and oxygen atoms in total. The molecule has 16 rings (SSSR count). The maximum absolute atomic E-state index is 2.84. The molecule has 0 aromatic heterocycles. The Morgan fingerprint density at radius 2 is 1.05 bits per heavy atom. The van der Waals surface area contributed by atoms with Crippen LogP contribution in [-0.2, 0) is 10.8 Å². The van der Waals surface area contributed by atoms with Gasteiger partial charge in [-0.25, -0.2) is 0 Å². The summed E-state index contributed by atoms with van der Waals surface area (Å²) in [5, 5.41) is 0. The molecule has 1 unspecified atom stereocenters. The van der Waals surface area contributed by atoms with Crippen LogP contribution in [0.15, 0.2) is 188 Å². The van der Waals surface area contributed by atoms with Crippen molar-refractivity contribution < 1.29 is 0 Å². The number of hydrogen-bond donors (Lipinski definition) is 0. The van der Waals surface area contributed by atoms with E-state index in [9.17, 15) is 0 Å². The number of anilines is 5. The average molecular weight is 841 g/mol. The summed E-state index contributed by atoms with van der Waals surface area (Å²) in [7, 11) is 0. The van der Waals surface area contributed by atoms with Crippen molar-refractivity contribution in [1.82, 2.24) is 0 Å². The maximum atomic E-state index is 2.84. The summed E-state index contributed by atoms with van der Waals surface area (Å²) in [4.78, 5) is 5.58. The van der Waals surface area contributed by atoms with E-state index in [0.717, 1.165) is 0 Å². The summed E-state index contributed by atoms with van der Waals surface area (Å²) in [5.41, 5.74) is 30.7. The lowest BCUT2D eigenvalue weighted by molar-refractivity contribution is 0.444. The molecule has 1 fully saturated rings. The van der Waals surface area contributed by atoms with Crippen LogP contribution in [0.1, 0.15) is 89.5 Å². The van der Waals surface area contributed by atoms with Crippen LogP contribution in [0.25, 0.3) is 44.5 Å². The van der Waals surface area contributed by atoms with E-state index < -0.39 is 5.41 Å². The molecular formula is C63H45BN2. The van der Waals surface area contributed by atoms with Gasteiger partial charge in [0.2, 0.25) is 0 Å². The largest absolute Gasteiger partial charge is 0.376 e. The second kappa shape index (κ2) is 12.5. The Kier molecular flexibility index (Phi) is 6.80. The van der Waals surface area contributed by atoms with Crippen molar-refractivity contribution in [3.05, 3.63) is 233 Å². The van der Waals surface area contributed by atoms with Gasteiger partial charge >= 0.3 is 6.85 Å². The Morgan fingerprint density at radius 1 is 0.439 bits per heavy atom. The van der Waals surface area contributed by atoms with Gasteiger partial charge in [-0.2, -0.15) is 0 Å². The molecule has 0 bridgehead atoms. The minimum absolute atomic E-state index is 0.0622. The van der Waals surface area contributed by atoms with Gasteiger partial charge in [-0.3, -0.25) is 0 Å². The fourth-order valence-electron chi connectivity index (χ4n) is 15.0. The summed E-state index contributed by atoms with van der Waals surface area (Å²) >= 11 is 0. The zero-order chi connectivity index (χ0) is 43.0. The molecule has 1 atom stereocenters. The third-order valence-electron chi connectivity index (χ3n) is 17.4. The lowest BCUT2D eigenvalue weighted by atomic mass is 9.41. The van der Waals surface area contributed by atoms with Crippen molar-refractivity contribution in [2.75, 3.05) is 9.71 Å². The van der Waals surface area contributed by atoms with Crippen LogP contribution in [0.3, 0.4) is 0 Å². The fraction of sp³-hybridized carbons (Fsp3) is 0.143. The van der Waals surface area contributed by atoms with Crippen LogP contribution in [0.2, 0.25) is 0 Å². The van der Waals surface area contributed by atoms with Gasteiger partial charge < -0.3 is 9.71 Å². The van der Waals surface area contributed by atoms with Gasteiger partial charge in [0.05, 0.1) is 11.1 Å². The molecule has 66 heavy (non-hydrogen) atoms. The van der Waals surface area contributed by atoms with Crippen molar-refractivity contribution in [2.45, 2.75) is 55.8 Å². The molecule has 0 amide bonds. The van der Waals surface area contributed by atoms with Gasteiger partial charge in [0.1, 0.15) is 0 Å². The molecule has 3 heteroatoms. The average Bonchev–Trinajstić information content (AvgIpc) is 3.83. The first-order valence-electron chi connectivity index (χ1n) is 24.3. The molecule has 1 saturated carbocycles. The minimum atomic E-state index is -0.485. The van der Waals surface area contributed by atoms with Crippen molar-refractivity contribution in [3.8, 4) is 44.5 Å². The summed E-state index contributed by atoms with van der Waals surface area (Å²) < 4.78 is 0. The van der Waals surface area contributed by atoms with Gasteiger partial charge in [0, 0.05) is 33.7 Å². The first-order chi connectivity index (χ1) is 32.7. The topological polar surface area (TPSA) is 6.48 Å². The molecule has 3 aliphatic carbocycles. The highest BCUT2D eigenvalue weighted by Crippen LogP contribution is 2.68. The Labute approximate surface area is 386 Å². The lowest BCUT2D eigenvalue weighted by Gasteiger charge is -2.54. The molecule has 9 aromatic carbocycles. The molecule has 1 spiro atoms. The van der Waals surface area contributed by atoms with Gasteiger partial charge in [0.15, 0.2) is 0 Å². The highest BCUT2D eigenvalue weighted by atomic mass is 15.2. The number of benzene rings is 9. The van der Waals surface area contributed by atoms with Crippen LogP contribution < -0.4 is 20.6 Å². The molecule has 0 saturated heterocycles. The van der Waals surface area contributed by atoms with Gasteiger partial charge in [-0.05, 0) is 138 Å². The lowest BCUT2D eigenvalue weighted by Crippen LogP contribution is -2.64. The monoisotopic (exact) mass is 840 g/mol. The number of rotatable bonds is 2. The standard InChI is InChI=1S/C63H45BN2/c1-62-48-26-11-8-24-44(48)45-25-16-33-55(57(45)62)66-60-46(35-34-41(58(60)62)39-20-6-3-7-21-39)47-36-40(38-18-4-2-5-19-38)37-56-59(47)64(66)53-31-17-30-52-61(53)65(56)54-32-15-14-29-51(54)63(52)49-27-12-9-22-42(49)43-23-10-13-28-50(43)63/h3,6-17,20-38H,2,4-5,18-19H2,1H3. The number of para-hydroxylation sites is 2. The Morgan fingerprint density at radius 3 is 1.82 bits per heavy atom. The SMILES string of the molecule is CC12c3ccccc3-c3cccc(c31)N1B3c4cccc5c4N(c4ccccc4C54c5ccccc5-c5ccccc54)c4cc(C5CCCCC5)cc(c43)-c3ccc(-c4ccccc4)c2c31. The fourth-order valence-corrected chi connectivity index (χ4v) is 15.0. The minimum Gasteiger partial charge on any atom is -0.376 e. The van der Waals surface area contributed by atoms with E-state index in [-0.39, 0.29) is 12.3 Å². The highest BCUT2D eigenvalue weighted by molar-refractivity contribution is 6.94. The molecular weight excluding hydrogens is 796 g/mol. The third kappa shape index (κ3) is 4.07. The van der Waals surface area contributed by atoms with Crippen molar-refractivity contribution >= 4 is 46.2 Å². The van der Waals surface area contributed by atoms with Crippen molar-refractivity contribution in [2.24, 2.45) is 0 Å². The first kappa shape index (κ1) is 35.9. The number of nitrogens with zero attached hydrogens (tertiary/aromatic N) is 2. The van der Waals surface area contributed by atoms with Crippen LogP contribution in [0.4, 0.5) is 28.4 Å². The third-order valence-corrected chi connectivity index (χ3v) is 17.4. The zero-order valence-corrected chi connectivity index (χ0v) is 37.0. The van der Waals surface area contributed by atoms with E-state index in [1.807, 2.05) is 0 Å². The van der Waals surface area contributed by atoms with E-state index in [0.29, 0.717) is 5.92 Å². The Hall–Kier alpha value is -7.36. The summed E-state index contributed by atoms with van der Waals surface area (Å²) in [6.45, 7) is 2.48. The number of fused-ring (bicyclic) bond motifs is 18. The van der Waals surface area contributed by atoms with Crippen molar-refractivity contribution in [3.63, 3.8) is 0 Å². The normalized spacial score (nSPS) is 18.7. The predicted molar refractivity (Wildman–Crippen MR) is 273 cm³/mol. The van der Waals surface area contributed by atoms with E-state index >= 15 is 0 Å². The smallest absolute Gasteiger partial charge is 0.333 e. The molecule has 4 heterocycles. The Bertz CT molecular complexity index is 3590. The second-order valence-corrected chi connectivity index (χ2v) is 20.2. The van der Waals surface area contributed by atoms with Gasteiger partial charge in [-0.1, -0.05) is 189 Å². The van der Waals surface area contributed by atoms with Crippen molar-refractivity contribution in [1.29, 1.82) is 0 Å². The van der Waals surface area contributed by atoms with E-state index in [1.54, 1.807) is 0 Å². The molecule has 9 aromatic rings. The predicted octanol–water partition coefficient (Wildman–Crippen LogP) is 14.4. The number of hydrogen-bond acceptors (Lipinski definition) is 2. The molecule has 0 N–H and O–H groups in total. The van der Waals surface area contributed by atoms with Crippen LogP contribution in [-0.4, -0.2) is 6.85 Å². The van der Waals surface area contributed by atoms with E-state index in [1.165, 1.54) is 160 Å². The highest BCUT2D eigenvalue weighted by Gasteiger charge is 2.59. The quantitative estimate of drug-likeness (QED) is 0.160. The second-order valence-electron chi connectivity index (χ2n) is 20.2. The van der Waals surface area contributed by atoms with Crippen LogP contribution >= 0.6 is 0 Å². The zero-order valence-electron chi connectivity index (χ0n) is 37.0. The van der Waals surface area contributed by atoms with Crippen LogP contribution in [0, 0.1) is 0 Å². The van der Waals surface area contributed by atoms with Gasteiger partial charge in [-0.15, -0.1) is 0 Å². The molecule has 0 radical (unpaired) electrons. The maximum Gasteiger partial charge on any atom is 0.333 e. The van der Waals surface area contributed by atoms with E-state index in [2.05, 4.69) is 205 Å². The Balaban J connectivity index is 1.08. The molecule has 4 aliphatic heterocycles. The molecule has 7 aliphatic rings. The molecule has 310 valence electrons. The van der Waals surface area contributed by atoms with Crippen LogP contribution in [0.5, 0.6) is 0 Å². The summed E-state index contributed by atoms with van der Waals surface area (Å²) in [6, 6.07) is 73.3. The summed E-state index contributed by atoms with van der Waals surface area (Å²) in [5.74, 6) is 0.537. The summed E-state index contributed by atoms with van der Waals surface area (Å²) in [6.07, 6.45) is 6.43.